The molecule has 3 aromatic carbocycles. The first-order valence-corrected chi connectivity index (χ1v) is 15.0. The number of ether oxygens (including phenoxy) is 1. The van der Waals surface area contributed by atoms with Gasteiger partial charge in [0.1, 0.15) is 18.4 Å². The lowest BCUT2D eigenvalue weighted by molar-refractivity contribution is -0.113. The number of aromatic nitrogens is 1. The van der Waals surface area contributed by atoms with Gasteiger partial charge in [0.05, 0.1) is 21.4 Å². The Bertz CT molecular complexity index is 2010. The number of anilines is 1. The topological polar surface area (TPSA) is 110 Å². The van der Waals surface area contributed by atoms with Crippen molar-refractivity contribution in [3.8, 4) is 5.75 Å². The molecule has 43 heavy (non-hydrogen) atoms. The number of thiophene rings is 1. The molecule has 0 fully saturated rings. The molecule has 6 rings (SSSR count). The van der Waals surface area contributed by atoms with Crippen LogP contribution in [0.4, 0.5) is 5.69 Å². The minimum atomic E-state index is -0.971. The van der Waals surface area contributed by atoms with E-state index in [0.29, 0.717) is 38.6 Å². The molecule has 10 heteroatoms. The Labute approximate surface area is 254 Å². The van der Waals surface area contributed by atoms with E-state index in [0.717, 1.165) is 16.0 Å². The number of carbonyl (C=O) groups is 2. The molecule has 1 atom stereocenters. The summed E-state index contributed by atoms with van der Waals surface area (Å²) in [5.74, 6) is -0.626. The van der Waals surface area contributed by atoms with Crippen LogP contribution in [0.3, 0.4) is 0 Å². The number of nitrogens with one attached hydrogen (secondary N) is 1. The van der Waals surface area contributed by atoms with Gasteiger partial charge in [-0.15, -0.1) is 11.3 Å². The van der Waals surface area contributed by atoms with Crippen LogP contribution in [-0.4, -0.2) is 21.6 Å². The Balaban J connectivity index is 1.27. The van der Waals surface area contributed by atoms with E-state index in [4.69, 9.17) is 9.84 Å². The molecule has 0 bridgehead atoms. The van der Waals surface area contributed by atoms with Gasteiger partial charge in [-0.1, -0.05) is 59.9 Å². The Kier molecular flexibility index (Phi) is 7.86. The van der Waals surface area contributed by atoms with E-state index in [1.54, 1.807) is 35.8 Å². The van der Waals surface area contributed by atoms with Crippen LogP contribution in [0.5, 0.6) is 5.75 Å². The minimum Gasteiger partial charge on any atom is -0.489 e. The van der Waals surface area contributed by atoms with Crippen LogP contribution < -0.4 is 24.9 Å². The fraction of sp³-hybridized carbons (Fsp3) is 0.0909. The van der Waals surface area contributed by atoms with E-state index in [1.165, 1.54) is 22.7 Å². The van der Waals surface area contributed by atoms with Gasteiger partial charge < -0.3 is 15.2 Å². The normalized spacial score (nSPS) is 14.6. The van der Waals surface area contributed by atoms with Crippen LogP contribution in [0.2, 0.25) is 0 Å². The van der Waals surface area contributed by atoms with Gasteiger partial charge in [-0.05, 0) is 72.0 Å². The number of hydrogen-bond donors (Lipinski definition) is 2. The summed E-state index contributed by atoms with van der Waals surface area (Å²) in [6, 6.07) is 26.4. The van der Waals surface area contributed by atoms with E-state index < -0.39 is 12.0 Å². The molecule has 8 nitrogen and oxygen atoms in total. The fourth-order valence-corrected chi connectivity index (χ4v) is 6.64. The summed E-state index contributed by atoms with van der Waals surface area (Å²) in [5, 5.41) is 13.9. The third-order valence-electron chi connectivity index (χ3n) is 6.89. The molecule has 0 unspecified atom stereocenters. The highest BCUT2D eigenvalue weighted by molar-refractivity contribution is 7.10. The number of rotatable bonds is 8. The van der Waals surface area contributed by atoms with Gasteiger partial charge in [0.2, 0.25) is 0 Å². The first-order chi connectivity index (χ1) is 20.9. The lowest BCUT2D eigenvalue weighted by Gasteiger charge is -2.24. The summed E-state index contributed by atoms with van der Waals surface area (Å²) in [6.07, 6.45) is 1.81. The molecule has 1 amide bonds. The Morgan fingerprint density at radius 1 is 1.00 bits per heavy atom. The summed E-state index contributed by atoms with van der Waals surface area (Å²) in [6.45, 7) is 2.09. The second-order valence-corrected chi connectivity index (χ2v) is 11.8. The van der Waals surface area contributed by atoms with Crippen molar-refractivity contribution in [1.29, 1.82) is 0 Å². The van der Waals surface area contributed by atoms with Gasteiger partial charge in [0.15, 0.2) is 4.80 Å². The highest BCUT2D eigenvalue weighted by Crippen LogP contribution is 2.33. The van der Waals surface area contributed by atoms with Gasteiger partial charge in [-0.3, -0.25) is 14.2 Å². The van der Waals surface area contributed by atoms with Gasteiger partial charge in [-0.2, -0.15) is 0 Å². The number of hydrogen-bond acceptors (Lipinski definition) is 7. The standard InChI is InChI=1S/C33H25N3O5S2/c1-20-28(30(37)35-24-6-3-2-4-7-24)29(26-8-5-17-42-26)36-31(38)27(43-33(36)34-20)18-21-11-15-25(16-12-21)41-19-22-9-13-23(14-10-22)32(39)40/h2-18,29H,19H2,1H3,(H,35,37)(H,39,40)/b27-18+/t29-/m0/s1. The Morgan fingerprint density at radius 2 is 1.74 bits per heavy atom. The first-order valence-electron chi connectivity index (χ1n) is 13.3. The van der Waals surface area contributed by atoms with Crippen molar-refractivity contribution in [3.05, 3.63) is 149 Å². The predicted octanol–water partition coefficient (Wildman–Crippen LogP) is 5.21. The molecule has 0 saturated heterocycles. The predicted molar refractivity (Wildman–Crippen MR) is 167 cm³/mol. The van der Waals surface area contributed by atoms with E-state index in [2.05, 4.69) is 10.3 Å². The second kappa shape index (κ2) is 12.0. The number of allylic oxidation sites excluding steroid dienone is 1. The number of para-hydroxylation sites is 1. The molecule has 0 saturated carbocycles. The van der Waals surface area contributed by atoms with Gasteiger partial charge in [0.25, 0.3) is 11.5 Å². The third kappa shape index (κ3) is 5.97. The van der Waals surface area contributed by atoms with Crippen molar-refractivity contribution in [2.24, 2.45) is 4.99 Å². The van der Waals surface area contributed by atoms with Crippen LogP contribution >= 0.6 is 22.7 Å². The summed E-state index contributed by atoms with van der Waals surface area (Å²) in [5.41, 5.74) is 3.34. The maximum absolute atomic E-state index is 13.8. The summed E-state index contributed by atoms with van der Waals surface area (Å²) < 4.78 is 7.97. The second-order valence-electron chi connectivity index (χ2n) is 9.78. The number of carbonyl (C=O) groups excluding carboxylic acids is 1. The number of benzene rings is 3. The molecular formula is C33H25N3O5S2. The number of nitrogens with zero attached hydrogens (tertiary/aromatic N) is 2. The highest BCUT2D eigenvalue weighted by Gasteiger charge is 2.33. The molecule has 1 aliphatic heterocycles. The smallest absolute Gasteiger partial charge is 0.335 e. The summed E-state index contributed by atoms with van der Waals surface area (Å²) >= 11 is 2.78. The average Bonchev–Trinajstić information content (AvgIpc) is 3.65. The van der Waals surface area contributed by atoms with E-state index in [9.17, 15) is 14.4 Å². The van der Waals surface area contributed by atoms with E-state index in [-0.39, 0.29) is 17.0 Å². The molecular weight excluding hydrogens is 583 g/mol. The summed E-state index contributed by atoms with van der Waals surface area (Å²) in [7, 11) is 0. The number of fused-ring (bicyclic) bond motifs is 1. The van der Waals surface area contributed by atoms with Crippen molar-refractivity contribution in [3.63, 3.8) is 0 Å². The lowest BCUT2D eigenvalue weighted by Crippen LogP contribution is -2.40. The van der Waals surface area contributed by atoms with Crippen LogP contribution in [0, 0.1) is 0 Å². The quantitative estimate of drug-likeness (QED) is 0.252. The molecule has 5 aromatic rings. The van der Waals surface area contributed by atoms with Gasteiger partial charge in [0, 0.05) is 10.6 Å². The molecule has 0 spiro atoms. The van der Waals surface area contributed by atoms with Gasteiger partial charge >= 0.3 is 5.97 Å². The Morgan fingerprint density at radius 3 is 2.42 bits per heavy atom. The molecule has 2 N–H and O–H groups in total. The van der Waals surface area contributed by atoms with Crippen molar-refractivity contribution < 1.29 is 19.4 Å². The zero-order valence-electron chi connectivity index (χ0n) is 22.9. The third-order valence-corrected chi connectivity index (χ3v) is 8.80. The molecule has 3 heterocycles. The number of amides is 1. The highest BCUT2D eigenvalue weighted by atomic mass is 32.1. The van der Waals surface area contributed by atoms with Crippen LogP contribution in [0.15, 0.2) is 117 Å². The Hall–Kier alpha value is -5.06. The first kappa shape index (κ1) is 28.1. The largest absolute Gasteiger partial charge is 0.489 e. The zero-order chi connectivity index (χ0) is 29.9. The monoisotopic (exact) mass is 607 g/mol. The summed E-state index contributed by atoms with van der Waals surface area (Å²) in [4.78, 5) is 44.5. The maximum Gasteiger partial charge on any atom is 0.335 e. The van der Waals surface area contributed by atoms with Crippen molar-refractivity contribution in [2.75, 3.05) is 5.32 Å². The van der Waals surface area contributed by atoms with Crippen LogP contribution in [-0.2, 0) is 11.4 Å². The van der Waals surface area contributed by atoms with Crippen molar-refractivity contribution in [1.82, 2.24) is 4.57 Å². The maximum atomic E-state index is 13.8. The number of thiazole rings is 1. The number of carboxylic acids is 1. The molecule has 0 aliphatic carbocycles. The molecule has 2 aromatic heterocycles. The van der Waals surface area contributed by atoms with Gasteiger partial charge in [-0.25, -0.2) is 9.79 Å². The molecule has 1 aliphatic rings. The van der Waals surface area contributed by atoms with Crippen molar-refractivity contribution >= 4 is 46.3 Å². The van der Waals surface area contributed by atoms with E-state index >= 15 is 0 Å². The van der Waals surface area contributed by atoms with E-state index in [1.807, 2.05) is 78.2 Å². The van der Waals surface area contributed by atoms with Crippen LogP contribution in [0.25, 0.3) is 6.08 Å². The molecule has 0 radical (unpaired) electrons. The van der Waals surface area contributed by atoms with Crippen LogP contribution in [0.1, 0.15) is 39.3 Å². The zero-order valence-corrected chi connectivity index (χ0v) is 24.5. The number of carboxylic acid groups (broad SMARTS) is 1. The van der Waals surface area contributed by atoms with Crippen molar-refractivity contribution in [2.45, 2.75) is 19.6 Å². The lowest BCUT2D eigenvalue weighted by atomic mass is 10.0. The average molecular weight is 608 g/mol. The SMILES string of the molecule is CC1=C(C(=O)Nc2ccccc2)[C@H](c2cccs2)n2c(s/c(=C/c3ccc(OCc4ccc(C(=O)O)cc4)cc3)c2=O)=N1. The number of aromatic carboxylic acids is 1. The minimum absolute atomic E-state index is 0.218. The fourth-order valence-electron chi connectivity index (χ4n) is 4.77. The molecule has 214 valence electrons.